The molecule has 1 aliphatic rings. The Hall–Kier alpha value is -3.12. The first-order valence-corrected chi connectivity index (χ1v) is 10.8. The number of aryl methyl sites for hydroxylation is 2. The second-order valence-corrected chi connectivity index (χ2v) is 8.07. The van der Waals surface area contributed by atoms with Gasteiger partial charge in [0.25, 0.3) is 5.91 Å². The van der Waals surface area contributed by atoms with Crippen LogP contribution in [0.4, 0.5) is 0 Å². The van der Waals surface area contributed by atoms with E-state index in [1.165, 1.54) is 5.56 Å². The molecule has 0 bridgehead atoms. The molecule has 4 rings (SSSR count). The van der Waals surface area contributed by atoms with Gasteiger partial charge in [0.05, 0.1) is 18.5 Å². The molecule has 6 nitrogen and oxygen atoms in total. The maximum absolute atomic E-state index is 13.5. The second-order valence-electron chi connectivity index (χ2n) is 8.07. The summed E-state index contributed by atoms with van der Waals surface area (Å²) < 4.78 is 7.08. The zero-order valence-corrected chi connectivity index (χ0v) is 18.8. The Kier molecular flexibility index (Phi) is 6.09. The zero-order chi connectivity index (χ0) is 22.0. The van der Waals surface area contributed by atoms with E-state index < -0.39 is 0 Å². The highest BCUT2D eigenvalue weighted by molar-refractivity contribution is 5.94. The summed E-state index contributed by atoms with van der Waals surface area (Å²) in [7, 11) is 1.65. The number of piperazine rings is 1. The SMILES string of the molecule is CCN1CCN(C(=O)c2cc(-c3ccc(OC)cc3)nn2-c2ccc(C)cc2C)CC1. The number of nitrogens with zero attached hydrogens (tertiary/aromatic N) is 4. The summed E-state index contributed by atoms with van der Waals surface area (Å²) in [6.45, 7) is 10.6. The fourth-order valence-corrected chi connectivity index (χ4v) is 4.09. The van der Waals surface area contributed by atoms with E-state index in [1.807, 2.05) is 46.0 Å². The van der Waals surface area contributed by atoms with Gasteiger partial charge in [-0.25, -0.2) is 4.68 Å². The number of hydrogen-bond acceptors (Lipinski definition) is 4. The van der Waals surface area contributed by atoms with Crippen LogP contribution < -0.4 is 4.74 Å². The third-order valence-electron chi connectivity index (χ3n) is 6.00. The number of carbonyl (C=O) groups excluding carboxylic acids is 1. The highest BCUT2D eigenvalue weighted by Gasteiger charge is 2.26. The first-order valence-electron chi connectivity index (χ1n) is 10.8. The Morgan fingerprint density at radius 1 is 1.00 bits per heavy atom. The molecule has 3 aromatic rings. The van der Waals surface area contributed by atoms with Gasteiger partial charge in [-0.05, 0) is 62.4 Å². The topological polar surface area (TPSA) is 50.6 Å². The number of ether oxygens (including phenoxy) is 1. The van der Waals surface area contributed by atoms with E-state index in [1.54, 1.807) is 7.11 Å². The number of aromatic nitrogens is 2. The average molecular weight is 419 g/mol. The molecule has 1 amide bonds. The van der Waals surface area contributed by atoms with Crippen molar-refractivity contribution in [2.45, 2.75) is 20.8 Å². The van der Waals surface area contributed by atoms with Crippen molar-refractivity contribution in [2.75, 3.05) is 39.8 Å². The van der Waals surface area contributed by atoms with Gasteiger partial charge in [0.1, 0.15) is 11.4 Å². The minimum absolute atomic E-state index is 0.0305. The number of rotatable bonds is 5. The lowest BCUT2D eigenvalue weighted by molar-refractivity contribution is 0.0634. The van der Waals surface area contributed by atoms with Crippen molar-refractivity contribution < 1.29 is 9.53 Å². The molecule has 0 radical (unpaired) electrons. The number of amides is 1. The third kappa shape index (κ3) is 4.35. The first-order chi connectivity index (χ1) is 15.0. The number of hydrogen-bond donors (Lipinski definition) is 0. The summed E-state index contributed by atoms with van der Waals surface area (Å²) >= 11 is 0. The molecule has 2 heterocycles. The molecule has 1 aliphatic heterocycles. The second kappa shape index (κ2) is 8.94. The van der Waals surface area contributed by atoms with Crippen LogP contribution >= 0.6 is 0 Å². The van der Waals surface area contributed by atoms with Crippen molar-refractivity contribution in [2.24, 2.45) is 0 Å². The molecule has 0 N–H and O–H groups in total. The van der Waals surface area contributed by atoms with Crippen molar-refractivity contribution in [1.29, 1.82) is 0 Å². The molecule has 0 spiro atoms. The van der Waals surface area contributed by atoms with Crippen LogP contribution in [-0.4, -0.2) is 65.3 Å². The average Bonchev–Trinajstić information content (AvgIpc) is 3.24. The van der Waals surface area contributed by atoms with Gasteiger partial charge in [0, 0.05) is 31.7 Å². The smallest absolute Gasteiger partial charge is 0.272 e. The molecule has 6 heteroatoms. The van der Waals surface area contributed by atoms with Gasteiger partial charge in [-0.2, -0.15) is 5.10 Å². The number of methoxy groups -OCH3 is 1. The van der Waals surface area contributed by atoms with Crippen LogP contribution in [0, 0.1) is 13.8 Å². The molecule has 162 valence electrons. The quantitative estimate of drug-likeness (QED) is 0.630. The molecule has 31 heavy (non-hydrogen) atoms. The van der Waals surface area contributed by atoms with E-state index >= 15 is 0 Å². The zero-order valence-electron chi connectivity index (χ0n) is 18.8. The van der Waals surface area contributed by atoms with E-state index in [0.717, 1.165) is 61.0 Å². The molecule has 0 atom stereocenters. The van der Waals surface area contributed by atoms with Crippen LogP contribution in [0.5, 0.6) is 5.75 Å². The predicted molar refractivity (Wildman–Crippen MR) is 123 cm³/mol. The highest BCUT2D eigenvalue weighted by Crippen LogP contribution is 2.26. The molecule has 0 aliphatic carbocycles. The Balaban J connectivity index is 1.74. The summed E-state index contributed by atoms with van der Waals surface area (Å²) in [4.78, 5) is 17.9. The van der Waals surface area contributed by atoms with Crippen LogP contribution in [-0.2, 0) is 0 Å². The van der Waals surface area contributed by atoms with E-state index in [-0.39, 0.29) is 5.91 Å². The summed E-state index contributed by atoms with van der Waals surface area (Å²) in [6.07, 6.45) is 0. The van der Waals surface area contributed by atoms with E-state index in [2.05, 4.69) is 37.8 Å². The minimum atomic E-state index is 0.0305. The number of benzene rings is 2. The van der Waals surface area contributed by atoms with E-state index in [9.17, 15) is 4.79 Å². The predicted octanol–water partition coefficient (Wildman–Crippen LogP) is 3.94. The maximum atomic E-state index is 13.5. The lowest BCUT2D eigenvalue weighted by Crippen LogP contribution is -2.48. The lowest BCUT2D eigenvalue weighted by Gasteiger charge is -2.34. The molecular formula is C25H30N4O2. The van der Waals surface area contributed by atoms with Crippen molar-refractivity contribution in [3.63, 3.8) is 0 Å². The van der Waals surface area contributed by atoms with Crippen molar-refractivity contribution >= 4 is 5.91 Å². The number of carbonyl (C=O) groups is 1. The molecular weight excluding hydrogens is 388 g/mol. The van der Waals surface area contributed by atoms with Crippen molar-refractivity contribution in [1.82, 2.24) is 19.6 Å². The van der Waals surface area contributed by atoms with Gasteiger partial charge in [-0.3, -0.25) is 4.79 Å². The Labute approximate surface area is 184 Å². The van der Waals surface area contributed by atoms with Crippen LogP contribution in [0.15, 0.2) is 48.5 Å². The summed E-state index contributed by atoms with van der Waals surface area (Å²) in [5.41, 5.74) is 5.54. The third-order valence-corrected chi connectivity index (χ3v) is 6.00. The molecule has 2 aromatic carbocycles. The fraction of sp³-hybridized carbons (Fsp3) is 0.360. The Bertz CT molecular complexity index is 1060. The fourth-order valence-electron chi connectivity index (χ4n) is 4.09. The van der Waals surface area contributed by atoms with Crippen LogP contribution in [0.3, 0.4) is 0 Å². The van der Waals surface area contributed by atoms with Crippen molar-refractivity contribution in [3.8, 4) is 22.7 Å². The van der Waals surface area contributed by atoms with Gasteiger partial charge < -0.3 is 14.5 Å². The van der Waals surface area contributed by atoms with Crippen LogP contribution in [0.2, 0.25) is 0 Å². The van der Waals surface area contributed by atoms with Gasteiger partial charge in [0.2, 0.25) is 0 Å². The largest absolute Gasteiger partial charge is 0.497 e. The first kappa shape index (κ1) is 21.1. The summed E-state index contributed by atoms with van der Waals surface area (Å²) in [5, 5.41) is 4.86. The molecule has 1 aromatic heterocycles. The van der Waals surface area contributed by atoms with E-state index in [4.69, 9.17) is 9.84 Å². The van der Waals surface area contributed by atoms with Gasteiger partial charge in [0.15, 0.2) is 0 Å². The van der Waals surface area contributed by atoms with Gasteiger partial charge in [-0.1, -0.05) is 24.6 Å². The van der Waals surface area contributed by atoms with Gasteiger partial charge >= 0.3 is 0 Å². The standard InChI is InChI=1S/C25H30N4O2/c1-5-27-12-14-28(15-13-27)25(30)24-17-22(20-7-9-21(31-4)10-8-20)26-29(24)23-11-6-18(2)16-19(23)3/h6-11,16-17H,5,12-15H2,1-4H3. The molecule has 0 unspecified atom stereocenters. The van der Waals surface area contributed by atoms with E-state index in [0.29, 0.717) is 5.69 Å². The lowest BCUT2D eigenvalue weighted by atomic mass is 10.1. The molecule has 0 saturated carbocycles. The monoisotopic (exact) mass is 418 g/mol. The Morgan fingerprint density at radius 3 is 2.32 bits per heavy atom. The summed E-state index contributed by atoms with van der Waals surface area (Å²) in [5.74, 6) is 0.825. The maximum Gasteiger partial charge on any atom is 0.272 e. The minimum Gasteiger partial charge on any atom is -0.497 e. The summed E-state index contributed by atoms with van der Waals surface area (Å²) in [6, 6.07) is 15.9. The van der Waals surface area contributed by atoms with Crippen LogP contribution in [0.25, 0.3) is 16.9 Å². The normalized spacial score (nSPS) is 14.6. The Morgan fingerprint density at radius 2 is 1.71 bits per heavy atom. The van der Waals surface area contributed by atoms with Crippen molar-refractivity contribution in [3.05, 3.63) is 65.4 Å². The molecule has 1 fully saturated rings. The van der Waals surface area contributed by atoms with Gasteiger partial charge in [-0.15, -0.1) is 0 Å². The molecule has 1 saturated heterocycles. The van der Waals surface area contributed by atoms with Crippen LogP contribution in [0.1, 0.15) is 28.5 Å². The highest BCUT2D eigenvalue weighted by atomic mass is 16.5. The number of likely N-dealkylation sites (N-methyl/N-ethyl adjacent to an activating group) is 1.